The average molecular weight is 330 g/mol. The Bertz CT molecular complexity index is 617. The molecule has 4 fully saturated rings. The van der Waals surface area contributed by atoms with E-state index in [0.29, 0.717) is 38.1 Å². The third-order valence-electron chi connectivity index (χ3n) is 6.76. The molecule has 0 N–H and O–H groups in total. The van der Waals surface area contributed by atoms with Gasteiger partial charge in [0, 0.05) is 13.1 Å². The Morgan fingerprint density at radius 3 is 2.17 bits per heavy atom. The molecule has 0 aromatic heterocycles. The van der Waals surface area contributed by atoms with Gasteiger partial charge in [-0.2, -0.15) is 0 Å². The topological polar surface area (TPSA) is 66.9 Å². The van der Waals surface area contributed by atoms with Crippen molar-refractivity contribution in [2.75, 3.05) is 26.3 Å². The summed E-state index contributed by atoms with van der Waals surface area (Å²) in [7, 11) is 0. The monoisotopic (exact) mass is 330 g/mol. The van der Waals surface area contributed by atoms with Crippen LogP contribution in [0.15, 0.2) is 12.2 Å². The van der Waals surface area contributed by atoms with E-state index < -0.39 is 6.04 Å². The molecule has 0 radical (unpaired) electrons. The van der Waals surface area contributed by atoms with Gasteiger partial charge in [0.05, 0.1) is 25.0 Å². The highest BCUT2D eigenvalue weighted by Gasteiger charge is 2.67. The summed E-state index contributed by atoms with van der Waals surface area (Å²) < 4.78 is 5.28. The summed E-state index contributed by atoms with van der Waals surface area (Å²) in [4.78, 5) is 41.8. The van der Waals surface area contributed by atoms with E-state index in [4.69, 9.17) is 4.74 Å². The molecule has 2 aliphatic heterocycles. The van der Waals surface area contributed by atoms with E-state index in [2.05, 4.69) is 12.2 Å². The van der Waals surface area contributed by atoms with E-state index in [1.165, 1.54) is 4.90 Å². The maximum Gasteiger partial charge on any atom is 0.245 e. The predicted octanol–water partition coefficient (Wildman–Crippen LogP) is 0.287. The lowest BCUT2D eigenvalue weighted by atomic mass is 9.63. The van der Waals surface area contributed by atoms with Gasteiger partial charge in [0.1, 0.15) is 6.04 Å². The van der Waals surface area contributed by atoms with Gasteiger partial charge in [0.25, 0.3) is 0 Å². The van der Waals surface area contributed by atoms with E-state index in [-0.39, 0.29) is 41.4 Å². The van der Waals surface area contributed by atoms with Crippen molar-refractivity contribution in [1.82, 2.24) is 9.80 Å². The molecule has 3 amide bonds. The fraction of sp³-hybridized carbons (Fsp3) is 0.722. The second kappa shape index (κ2) is 4.91. The largest absolute Gasteiger partial charge is 0.378 e. The van der Waals surface area contributed by atoms with Crippen molar-refractivity contribution in [3.63, 3.8) is 0 Å². The Kier molecular flexibility index (Phi) is 2.99. The first kappa shape index (κ1) is 14.6. The highest BCUT2D eigenvalue weighted by atomic mass is 16.5. The van der Waals surface area contributed by atoms with Gasteiger partial charge < -0.3 is 9.64 Å². The molecule has 24 heavy (non-hydrogen) atoms. The normalized spacial score (nSPS) is 43.7. The Balaban J connectivity index is 1.40. The second-order valence-electron chi connectivity index (χ2n) is 7.81. The number of allylic oxidation sites excluding steroid dienone is 2. The van der Waals surface area contributed by atoms with Crippen molar-refractivity contribution in [2.45, 2.75) is 19.4 Å². The number of imide groups is 1. The van der Waals surface area contributed by atoms with Crippen molar-refractivity contribution in [1.29, 1.82) is 0 Å². The molecule has 6 heteroatoms. The average Bonchev–Trinajstić information content (AvgIpc) is 3.39. The molecule has 2 saturated carbocycles. The maximum atomic E-state index is 13.0. The molecule has 2 saturated heterocycles. The number of rotatable bonds is 2. The van der Waals surface area contributed by atoms with Crippen LogP contribution in [0.1, 0.15) is 13.3 Å². The van der Waals surface area contributed by atoms with Gasteiger partial charge in [0.2, 0.25) is 17.7 Å². The Morgan fingerprint density at radius 1 is 1.08 bits per heavy atom. The zero-order chi connectivity index (χ0) is 16.6. The van der Waals surface area contributed by atoms with Gasteiger partial charge in [-0.1, -0.05) is 12.2 Å². The number of amides is 3. The molecule has 7 atom stereocenters. The molecule has 128 valence electrons. The summed E-state index contributed by atoms with van der Waals surface area (Å²) in [6.45, 7) is 3.79. The van der Waals surface area contributed by atoms with Crippen LogP contribution in [0.25, 0.3) is 0 Å². The van der Waals surface area contributed by atoms with Crippen LogP contribution in [0.3, 0.4) is 0 Å². The van der Waals surface area contributed by atoms with Crippen LogP contribution in [0.2, 0.25) is 0 Å². The molecule has 4 aliphatic carbocycles. The third-order valence-corrected chi connectivity index (χ3v) is 6.76. The zero-order valence-electron chi connectivity index (χ0n) is 13.8. The van der Waals surface area contributed by atoms with E-state index in [1.807, 2.05) is 0 Å². The smallest absolute Gasteiger partial charge is 0.245 e. The van der Waals surface area contributed by atoms with Gasteiger partial charge in [-0.25, -0.2) is 0 Å². The number of hydrogen-bond acceptors (Lipinski definition) is 4. The maximum absolute atomic E-state index is 13.0. The number of ether oxygens (including phenoxy) is 1. The van der Waals surface area contributed by atoms with Crippen molar-refractivity contribution < 1.29 is 19.1 Å². The van der Waals surface area contributed by atoms with Crippen LogP contribution in [0.4, 0.5) is 0 Å². The number of morpholine rings is 1. The fourth-order valence-corrected chi connectivity index (χ4v) is 5.52. The lowest BCUT2D eigenvalue weighted by molar-refractivity contribution is -0.152. The summed E-state index contributed by atoms with van der Waals surface area (Å²) in [5.41, 5.74) is 0. The first-order valence-electron chi connectivity index (χ1n) is 9.01. The molecule has 6 rings (SSSR count). The van der Waals surface area contributed by atoms with Crippen LogP contribution in [-0.4, -0.2) is 59.9 Å². The number of carbonyl (C=O) groups excluding carboxylic acids is 3. The van der Waals surface area contributed by atoms with Crippen molar-refractivity contribution >= 4 is 17.7 Å². The summed E-state index contributed by atoms with van der Waals surface area (Å²) in [6, 6.07) is -0.704. The molecule has 2 heterocycles. The molecule has 0 spiro atoms. The highest BCUT2D eigenvalue weighted by molar-refractivity contribution is 6.09. The Morgan fingerprint density at radius 2 is 1.62 bits per heavy atom. The van der Waals surface area contributed by atoms with Gasteiger partial charge in [0.15, 0.2) is 0 Å². The summed E-state index contributed by atoms with van der Waals surface area (Å²) in [6.07, 6.45) is 5.46. The fourth-order valence-electron chi connectivity index (χ4n) is 5.52. The lowest BCUT2D eigenvalue weighted by Crippen LogP contribution is -2.52. The minimum absolute atomic E-state index is 0.121. The summed E-state index contributed by atoms with van der Waals surface area (Å²) in [5.74, 6) is 0.754. The summed E-state index contributed by atoms with van der Waals surface area (Å²) in [5, 5.41) is 0. The minimum Gasteiger partial charge on any atom is -0.378 e. The van der Waals surface area contributed by atoms with E-state index >= 15 is 0 Å². The van der Waals surface area contributed by atoms with Crippen molar-refractivity contribution in [3.05, 3.63) is 12.2 Å². The van der Waals surface area contributed by atoms with Crippen LogP contribution in [0.5, 0.6) is 0 Å². The van der Waals surface area contributed by atoms with Gasteiger partial charge in [-0.05, 0) is 37.0 Å². The lowest BCUT2D eigenvalue weighted by Gasteiger charge is -2.37. The van der Waals surface area contributed by atoms with E-state index in [9.17, 15) is 14.4 Å². The highest BCUT2D eigenvalue weighted by Crippen LogP contribution is 2.65. The third kappa shape index (κ3) is 1.78. The second-order valence-corrected chi connectivity index (χ2v) is 7.81. The molecule has 6 nitrogen and oxygen atoms in total. The first-order chi connectivity index (χ1) is 11.6. The summed E-state index contributed by atoms with van der Waals surface area (Å²) >= 11 is 0. The van der Waals surface area contributed by atoms with Crippen LogP contribution < -0.4 is 0 Å². The van der Waals surface area contributed by atoms with Crippen molar-refractivity contribution in [2.24, 2.45) is 35.5 Å². The molecule has 0 aromatic rings. The van der Waals surface area contributed by atoms with Gasteiger partial charge in [-0.3, -0.25) is 19.3 Å². The molecule has 0 unspecified atom stereocenters. The number of likely N-dealkylation sites (tertiary alicyclic amines) is 1. The van der Waals surface area contributed by atoms with Gasteiger partial charge in [-0.15, -0.1) is 0 Å². The quantitative estimate of drug-likeness (QED) is 0.539. The number of hydrogen-bond donors (Lipinski definition) is 0. The predicted molar refractivity (Wildman–Crippen MR) is 83.4 cm³/mol. The molecular weight excluding hydrogens is 308 g/mol. The van der Waals surface area contributed by atoms with Crippen molar-refractivity contribution in [3.8, 4) is 0 Å². The number of nitrogens with zero attached hydrogens (tertiary/aromatic N) is 2. The Labute approximate surface area is 140 Å². The molecule has 0 aromatic carbocycles. The first-order valence-corrected chi connectivity index (χ1v) is 9.01. The van der Waals surface area contributed by atoms with Gasteiger partial charge >= 0.3 is 0 Å². The van der Waals surface area contributed by atoms with E-state index in [1.54, 1.807) is 11.8 Å². The number of carbonyl (C=O) groups is 3. The zero-order valence-corrected chi connectivity index (χ0v) is 13.8. The molecular formula is C18H22N2O4. The minimum atomic E-state index is -0.704. The van der Waals surface area contributed by atoms with Crippen LogP contribution in [0, 0.1) is 35.5 Å². The standard InChI is InChI=1S/C18H22N2O4/c1-9(16(21)19-4-6-24-7-5-19)20-17(22)14-10-2-3-11(13-8-12(10)13)15(14)18(20)23/h2-3,9-15H,4-8H2,1H3/t9-,10+,11+,12+,13+,14-,15-/m1/s1. The Hall–Kier alpha value is -1.69. The SMILES string of the molecule is C[C@H](C(=O)N1CCOCC1)N1C(=O)[C@@H]2[C@H]3C=C[C@@H]([C@@H]4C[C@@H]34)[C@H]2C1=O. The van der Waals surface area contributed by atoms with E-state index in [0.717, 1.165) is 6.42 Å². The molecule has 6 aliphatic rings. The van der Waals surface area contributed by atoms with Crippen LogP contribution in [-0.2, 0) is 19.1 Å². The molecule has 2 bridgehead atoms. The van der Waals surface area contributed by atoms with Crippen LogP contribution >= 0.6 is 0 Å².